The van der Waals surface area contributed by atoms with Crippen LogP contribution in [0.1, 0.15) is 21.5 Å². The summed E-state index contributed by atoms with van der Waals surface area (Å²) < 4.78 is 18.8. The highest BCUT2D eigenvalue weighted by molar-refractivity contribution is 6.31. The third kappa shape index (κ3) is 5.31. The van der Waals surface area contributed by atoms with Gasteiger partial charge in [-0.3, -0.25) is 4.79 Å². The monoisotopic (exact) mass is 416 g/mol. The van der Waals surface area contributed by atoms with E-state index < -0.39 is 11.7 Å². The van der Waals surface area contributed by atoms with Gasteiger partial charge in [0.2, 0.25) is 0 Å². The van der Waals surface area contributed by atoms with Crippen molar-refractivity contribution in [1.29, 1.82) is 0 Å². The van der Waals surface area contributed by atoms with Gasteiger partial charge in [-0.25, -0.2) is 9.82 Å². The summed E-state index contributed by atoms with van der Waals surface area (Å²) in [5.41, 5.74) is 4.10. The Kier molecular flexibility index (Phi) is 6.63. The lowest BCUT2D eigenvalue weighted by Gasteiger charge is -2.10. The van der Waals surface area contributed by atoms with E-state index in [1.165, 1.54) is 30.5 Å². The van der Waals surface area contributed by atoms with Crippen molar-refractivity contribution < 1.29 is 13.9 Å². The Morgan fingerprint density at radius 2 is 1.82 bits per heavy atom. The number of nitrogens with one attached hydrogen (secondary N) is 1. The Balaban J connectivity index is 1.69. The number of rotatable bonds is 6. The van der Waals surface area contributed by atoms with Crippen molar-refractivity contribution in [1.82, 2.24) is 5.43 Å². The molecule has 0 aliphatic carbocycles. The molecule has 0 unspecified atom stereocenters. The normalized spacial score (nSPS) is 10.8. The van der Waals surface area contributed by atoms with E-state index in [4.69, 9.17) is 27.9 Å². The highest BCUT2D eigenvalue weighted by Crippen LogP contribution is 2.24. The molecular formula is C21H15Cl2FN2O2. The smallest absolute Gasteiger partial charge is 0.271 e. The summed E-state index contributed by atoms with van der Waals surface area (Å²) in [5, 5.41) is 5.04. The Bertz CT molecular complexity index is 1010. The molecule has 1 N–H and O–H groups in total. The Morgan fingerprint density at radius 3 is 2.57 bits per heavy atom. The molecule has 0 heterocycles. The van der Waals surface area contributed by atoms with Gasteiger partial charge in [-0.2, -0.15) is 5.10 Å². The molecule has 0 radical (unpaired) electrons. The quantitative estimate of drug-likeness (QED) is 0.427. The number of hydrazone groups is 1. The van der Waals surface area contributed by atoms with Crippen molar-refractivity contribution >= 4 is 35.3 Å². The minimum absolute atomic E-state index is 0.268. The summed E-state index contributed by atoms with van der Waals surface area (Å²) >= 11 is 12.2. The predicted molar refractivity (Wildman–Crippen MR) is 109 cm³/mol. The van der Waals surface area contributed by atoms with Crippen molar-refractivity contribution in [2.24, 2.45) is 5.10 Å². The number of amides is 1. The Hall–Kier alpha value is -2.89. The van der Waals surface area contributed by atoms with Crippen LogP contribution in [-0.2, 0) is 6.61 Å². The van der Waals surface area contributed by atoms with Gasteiger partial charge in [0.1, 0.15) is 18.2 Å². The van der Waals surface area contributed by atoms with E-state index in [1.807, 2.05) is 18.2 Å². The molecule has 0 saturated carbocycles. The zero-order chi connectivity index (χ0) is 19.9. The van der Waals surface area contributed by atoms with Crippen molar-refractivity contribution in [3.05, 3.63) is 99.3 Å². The van der Waals surface area contributed by atoms with Crippen LogP contribution in [0.2, 0.25) is 10.0 Å². The van der Waals surface area contributed by atoms with Gasteiger partial charge in [-0.05, 0) is 48.5 Å². The van der Waals surface area contributed by atoms with Crippen LogP contribution in [0, 0.1) is 5.82 Å². The van der Waals surface area contributed by atoms with Crippen LogP contribution in [-0.4, -0.2) is 12.1 Å². The van der Waals surface area contributed by atoms with E-state index in [-0.39, 0.29) is 6.61 Å². The number of hydrogen-bond acceptors (Lipinski definition) is 3. The van der Waals surface area contributed by atoms with E-state index in [2.05, 4.69) is 10.5 Å². The molecule has 3 rings (SSSR count). The highest BCUT2D eigenvalue weighted by atomic mass is 35.5. The molecule has 0 aromatic heterocycles. The standard InChI is InChI=1S/C21H15Cl2FN2O2/c22-17-7-10-20(28-13-15-3-1-2-4-19(15)23)16(11-17)12-25-26-21(27)14-5-8-18(24)9-6-14/h1-12H,13H2,(H,26,27)/b25-12-. The van der Waals surface area contributed by atoms with Gasteiger partial charge in [-0.1, -0.05) is 41.4 Å². The van der Waals surface area contributed by atoms with Gasteiger partial charge >= 0.3 is 0 Å². The molecular weight excluding hydrogens is 402 g/mol. The molecule has 0 aliphatic heterocycles. The maximum atomic E-state index is 12.9. The molecule has 0 aliphatic rings. The number of halogens is 3. The Morgan fingerprint density at radius 1 is 1.07 bits per heavy atom. The SMILES string of the molecule is O=C(N/N=C\c1cc(Cl)ccc1OCc1ccccc1Cl)c1ccc(F)cc1. The lowest BCUT2D eigenvalue weighted by molar-refractivity contribution is 0.0955. The largest absolute Gasteiger partial charge is 0.488 e. The summed E-state index contributed by atoms with van der Waals surface area (Å²) in [6.45, 7) is 0.268. The molecule has 4 nitrogen and oxygen atoms in total. The first-order valence-electron chi connectivity index (χ1n) is 8.27. The van der Waals surface area contributed by atoms with E-state index in [0.29, 0.717) is 26.9 Å². The molecule has 28 heavy (non-hydrogen) atoms. The maximum absolute atomic E-state index is 12.9. The molecule has 0 spiro atoms. The molecule has 3 aromatic rings. The molecule has 0 bridgehead atoms. The first kappa shape index (κ1) is 19.9. The van der Waals surface area contributed by atoms with E-state index in [0.717, 1.165) is 5.56 Å². The average molecular weight is 417 g/mol. The van der Waals surface area contributed by atoms with Crippen LogP contribution in [0.3, 0.4) is 0 Å². The molecule has 142 valence electrons. The van der Waals surface area contributed by atoms with Gasteiger partial charge in [-0.15, -0.1) is 0 Å². The number of hydrogen-bond donors (Lipinski definition) is 1. The lowest BCUT2D eigenvalue weighted by Crippen LogP contribution is -2.17. The summed E-state index contributed by atoms with van der Waals surface area (Å²) in [6, 6.07) is 17.6. The molecule has 0 saturated heterocycles. The number of ether oxygens (including phenoxy) is 1. The fourth-order valence-electron chi connectivity index (χ4n) is 2.35. The molecule has 0 fully saturated rings. The summed E-state index contributed by atoms with van der Waals surface area (Å²) in [6.07, 6.45) is 1.43. The second-order valence-electron chi connectivity index (χ2n) is 5.77. The summed E-state index contributed by atoms with van der Waals surface area (Å²) in [5.74, 6) is -0.347. The fraction of sp³-hybridized carbons (Fsp3) is 0.0476. The number of nitrogens with zero attached hydrogens (tertiary/aromatic N) is 1. The van der Waals surface area contributed by atoms with Crippen LogP contribution in [0.4, 0.5) is 4.39 Å². The summed E-state index contributed by atoms with van der Waals surface area (Å²) in [4.78, 5) is 12.0. The van der Waals surface area contributed by atoms with Crippen LogP contribution < -0.4 is 10.2 Å². The molecule has 3 aromatic carbocycles. The van der Waals surface area contributed by atoms with Crippen LogP contribution >= 0.6 is 23.2 Å². The van der Waals surface area contributed by atoms with Gasteiger partial charge in [0, 0.05) is 26.7 Å². The molecule has 1 amide bonds. The molecule has 0 atom stereocenters. The van der Waals surface area contributed by atoms with E-state index >= 15 is 0 Å². The second-order valence-corrected chi connectivity index (χ2v) is 6.61. The minimum Gasteiger partial charge on any atom is -0.488 e. The zero-order valence-electron chi connectivity index (χ0n) is 14.5. The van der Waals surface area contributed by atoms with Gasteiger partial charge in [0.25, 0.3) is 5.91 Å². The lowest BCUT2D eigenvalue weighted by atomic mass is 10.2. The first-order valence-corrected chi connectivity index (χ1v) is 9.03. The topological polar surface area (TPSA) is 50.7 Å². The highest BCUT2D eigenvalue weighted by Gasteiger charge is 2.07. The van der Waals surface area contributed by atoms with Crippen molar-refractivity contribution in [3.63, 3.8) is 0 Å². The van der Waals surface area contributed by atoms with Gasteiger partial charge < -0.3 is 4.74 Å². The van der Waals surface area contributed by atoms with Crippen molar-refractivity contribution in [3.8, 4) is 5.75 Å². The maximum Gasteiger partial charge on any atom is 0.271 e. The van der Waals surface area contributed by atoms with Crippen LogP contribution in [0.5, 0.6) is 5.75 Å². The molecule has 7 heteroatoms. The van der Waals surface area contributed by atoms with Gasteiger partial charge in [0.15, 0.2) is 0 Å². The number of carbonyl (C=O) groups is 1. The van der Waals surface area contributed by atoms with Gasteiger partial charge in [0.05, 0.1) is 6.21 Å². The van der Waals surface area contributed by atoms with Crippen molar-refractivity contribution in [2.45, 2.75) is 6.61 Å². The third-order valence-electron chi connectivity index (χ3n) is 3.79. The van der Waals surface area contributed by atoms with Crippen molar-refractivity contribution in [2.75, 3.05) is 0 Å². The number of carbonyl (C=O) groups excluding carboxylic acids is 1. The zero-order valence-corrected chi connectivity index (χ0v) is 16.0. The fourth-order valence-corrected chi connectivity index (χ4v) is 2.72. The van der Waals surface area contributed by atoms with E-state index in [1.54, 1.807) is 24.3 Å². The predicted octanol–water partition coefficient (Wildman–Crippen LogP) is 5.48. The van der Waals surface area contributed by atoms with Crippen LogP contribution in [0.25, 0.3) is 0 Å². The Labute approximate surface area is 171 Å². The first-order chi connectivity index (χ1) is 13.5. The number of benzene rings is 3. The van der Waals surface area contributed by atoms with E-state index in [9.17, 15) is 9.18 Å². The third-order valence-corrected chi connectivity index (χ3v) is 4.39. The minimum atomic E-state index is -0.461. The summed E-state index contributed by atoms with van der Waals surface area (Å²) in [7, 11) is 0. The van der Waals surface area contributed by atoms with Crippen LogP contribution in [0.15, 0.2) is 71.8 Å². The second kappa shape index (κ2) is 9.35. The average Bonchev–Trinajstić information content (AvgIpc) is 2.69.